The number of methoxy groups -OCH3 is 1. The van der Waals surface area contributed by atoms with Gasteiger partial charge in [-0.25, -0.2) is 4.39 Å². The van der Waals surface area contributed by atoms with Crippen molar-refractivity contribution in [2.24, 2.45) is 5.92 Å². The summed E-state index contributed by atoms with van der Waals surface area (Å²) in [7, 11) is 5.44. The van der Waals surface area contributed by atoms with Crippen molar-refractivity contribution in [1.82, 2.24) is 9.80 Å². The third-order valence-corrected chi connectivity index (χ3v) is 6.12. The van der Waals surface area contributed by atoms with Gasteiger partial charge < -0.3 is 19.7 Å². The quantitative estimate of drug-likeness (QED) is 0.764. The molecule has 1 heterocycles. The summed E-state index contributed by atoms with van der Waals surface area (Å²) in [4.78, 5) is 29.7. The number of carbonyl (C=O) groups excluding carboxylic acids is 2. The molecule has 0 radical (unpaired) electrons. The minimum atomic E-state index is -0.416. The average molecular weight is 458 g/mol. The normalized spacial score (nSPS) is 22.5. The van der Waals surface area contributed by atoms with Crippen LogP contribution in [0.3, 0.4) is 0 Å². The number of ether oxygens (including phenoxy) is 2. The topological polar surface area (TPSA) is 71.1 Å². The zero-order chi connectivity index (χ0) is 24.1. The second-order valence-corrected chi connectivity index (χ2v) is 8.71. The largest absolute Gasteiger partial charge is 0.491 e. The molecule has 1 aliphatic rings. The zero-order valence-electron chi connectivity index (χ0n) is 19.8. The Morgan fingerprint density at radius 1 is 1.12 bits per heavy atom. The summed E-state index contributed by atoms with van der Waals surface area (Å²) in [5, 5.41) is 2.77. The lowest BCUT2D eigenvalue weighted by Crippen LogP contribution is -2.45. The first-order valence-corrected chi connectivity index (χ1v) is 11.0. The molecule has 0 saturated carbocycles. The summed E-state index contributed by atoms with van der Waals surface area (Å²) in [5.74, 6) is -0.375. The molecule has 0 saturated heterocycles. The molecule has 8 heteroatoms. The predicted molar refractivity (Wildman–Crippen MR) is 125 cm³/mol. The van der Waals surface area contributed by atoms with Gasteiger partial charge in [0.15, 0.2) is 0 Å². The fraction of sp³-hybridized carbons (Fsp3) is 0.440. The molecule has 3 rings (SSSR count). The van der Waals surface area contributed by atoms with Crippen LogP contribution in [-0.4, -0.2) is 74.7 Å². The second-order valence-electron chi connectivity index (χ2n) is 8.71. The minimum Gasteiger partial charge on any atom is -0.491 e. The van der Waals surface area contributed by atoms with Crippen molar-refractivity contribution in [3.05, 3.63) is 59.4 Å². The minimum absolute atomic E-state index is 0.126. The Bertz CT molecular complexity index is 982. The molecular formula is C25H32FN3O4. The van der Waals surface area contributed by atoms with E-state index < -0.39 is 11.7 Å². The third-order valence-electron chi connectivity index (χ3n) is 6.12. The van der Waals surface area contributed by atoms with Gasteiger partial charge in [-0.3, -0.25) is 14.5 Å². The van der Waals surface area contributed by atoms with Gasteiger partial charge in [-0.1, -0.05) is 6.92 Å². The standard InChI is InChI=1S/C25H32FN3O4/c1-16-13-28(3)17(2)15-33-22-11-10-20(27-24(30)18-6-8-19(26)9-7-18)12-21(22)25(31)29(4)14-23(16)32-5/h6-12,16-17,23H,13-15H2,1-5H3,(H,27,30)/t16-,17-,23-/m0/s1. The van der Waals surface area contributed by atoms with Crippen LogP contribution in [0.15, 0.2) is 42.5 Å². The third kappa shape index (κ3) is 6.09. The average Bonchev–Trinajstić information content (AvgIpc) is 2.80. The van der Waals surface area contributed by atoms with Crippen LogP contribution in [0.25, 0.3) is 0 Å². The van der Waals surface area contributed by atoms with Crippen molar-refractivity contribution >= 4 is 17.5 Å². The molecule has 2 amide bonds. The fourth-order valence-corrected chi connectivity index (χ4v) is 3.84. The van der Waals surface area contributed by atoms with Gasteiger partial charge in [-0.15, -0.1) is 0 Å². The highest BCUT2D eigenvalue weighted by atomic mass is 19.1. The van der Waals surface area contributed by atoms with E-state index in [4.69, 9.17) is 9.47 Å². The first-order chi connectivity index (χ1) is 15.7. The fourth-order valence-electron chi connectivity index (χ4n) is 3.84. The number of amides is 2. The van der Waals surface area contributed by atoms with Crippen molar-refractivity contribution in [1.29, 1.82) is 0 Å². The van der Waals surface area contributed by atoms with Gasteiger partial charge >= 0.3 is 0 Å². The summed E-state index contributed by atoms with van der Waals surface area (Å²) < 4.78 is 24.9. The molecule has 2 aromatic rings. The first-order valence-electron chi connectivity index (χ1n) is 11.0. The Balaban J connectivity index is 1.90. The van der Waals surface area contributed by atoms with Crippen molar-refractivity contribution < 1.29 is 23.5 Å². The maximum Gasteiger partial charge on any atom is 0.257 e. The Kier molecular flexibility index (Phi) is 8.05. The van der Waals surface area contributed by atoms with Crippen LogP contribution in [0.2, 0.25) is 0 Å². The van der Waals surface area contributed by atoms with Gasteiger partial charge in [0.2, 0.25) is 0 Å². The van der Waals surface area contributed by atoms with Crippen LogP contribution in [-0.2, 0) is 4.74 Å². The molecule has 0 aromatic heterocycles. The molecule has 178 valence electrons. The maximum atomic E-state index is 13.3. The first kappa shape index (κ1) is 24.7. The van der Waals surface area contributed by atoms with Gasteiger partial charge in [0.1, 0.15) is 18.2 Å². The van der Waals surface area contributed by atoms with Crippen molar-refractivity contribution in [2.75, 3.05) is 46.2 Å². The molecule has 0 bridgehead atoms. The van der Waals surface area contributed by atoms with Crippen LogP contribution >= 0.6 is 0 Å². The molecule has 1 aliphatic heterocycles. The van der Waals surface area contributed by atoms with E-state index in [2.05, 4.69) is 24.1 Å². The van der Waals surface area contributed by atoms with E-state index in [1.165, 1.54) is 24.3 Å². The zero-order valence-corrected chi connectivity index (χ0v) is 19.8. The lowest BCUT2D eigenvalue weighted by atomic mass is 10.0. The van der Waals surface area contributed by atoms with Crippen molar-refractivity contribution in [2.45, 2.75) is 26.0 Å². The number of benzene rings is 2. The van der Waals surface area contributed by atoms with Crippen LogP contribution in [0, 0.1) is 11.7 Å². The van der Waals surface area contributed by atoms with E-state index in [-0.39, 0.29) is 24.0 Å². The number of likely N-dealkylation sites (N-methyl/N-ethyl adjacent to an activating group) is 2. The summed E-state index contributed by atoms with van der Waals surface area (Å²) in [6.45, 7) is 5.83. The lowest BCUT2D eigenvalue weighted by molar-refractivity contribution is 0.0150. The molecule has 7 nitrogen and oxygen atoms in total. The molecule has 3 atom stereocenters. The molecule has 2 aromatic carbocycles. The number of anilines is 1. The Labute approximate surface area is 194 Å². The van der Waals surface area contributed by atoms with Crippen molar-refractivity contribution in [3.8, 4) is 5.75 Å². The highest BCUT2D eigenvalue weighted by Crippen LogP contribution is 2.26. The highest BCUT2D eigenvalue weighted by molar-refractivity contribution is 6.05. The van der Waals surface area contributed by atoms with E-state index in [9.17, 15) is 14.0 Å². The van der Waals surface area contributed by atoms with E-state index in [0.717, 1.165) is 6.54 Å². The number of nitrogens with one attached hydrogen (secondary N) is 1. The van der Waals surface area contributed by atoms with Crippen LogP contribution in [0.1, 0.15) is 34.6 Å². The number of rotatable bonds is 3. The summed E-state index contributed by atoms with van der Waals surface area (Å²) >= 11 is 0. The smallest absolute Gasteiger partial charge is 0.257 e. The Hall–Kier alpha value is -2.97. The van der Waals surface area contributed by atoms with E-state index in [1.807, 2.05) is 7.05 Å². The lowest BCUT2D eigenvalue weighted by Gasteiger charge is -2.34. The SMILES string of the molecule is CO[C@H]1CN(C)C(=O)c2cc(NC(=O)c3ccc(F)cc3)ccc2OC[C@H](C)N(C)C[C@@H]1C. The second kappa shape index (κ2) is 10.8. The molecular weight excluding hydrogens is 425 g/mol. The van der Waals surface area contributed by atoms with Gasteiger partial charge in [-0.05, 0) is 62.4 Å². The molecule has 0 fully saturated rings. The van der Waals surface area contributed by atoms with Gasteiger partial charge in [0.05, 0.1) is 11.7 Å². The molecule has 0 aliphatic carbocycles. The van der Waals surface area contributed by atoms with Crippen molar-refractivity contribution in [3.63, 3.8) is 0 Å². The maximum absolute atomic E-state index is 13.3. The molecule has 0 unspecified atom stereocenters. The molecule has 33 heavy (non-hydrogen) atoms. The predicted octanol–water partition coefficient (Wildman–Crippen LogP) is 3.51. The molecule has 0 spiro atoms. The summed E-state index contributed by atoms with van der Waals surface area (Å²) in [6, 6.07) is 10.4. The number of halogens is 1. The van der Waals surface area contributed by atoms with Gasteiger partial charge in [0, 0.05) is 44.5 Å². The highest BCUT2D eigenvalue weighted by Gasteiger charge is 2.27. The number of hydrogen-bond donors (Lipinski definition) is 1. The van der Waals surface area contributed by atoms with Gasteiger partial charge in [-0.2, -0.15) is 0 Å². The van der Waals surface area contributed by atoms with Crippen LogP contribution in [0.5, 0.6) is 5.75 Å². The summed E-state index contributed by atoms with van der Waals surface area (Å²) in [6.07, 6.45) is -0.126. The van der Waals surface area contributed by atoms with Crippen LogP contribution in [0.4, 0.5) is 10.1 Å². The van der Waals surface area contributed by atoms with E-state index in [0.29, 0.717) is 35.7 Å². The van der Waals surface area contributed by atoms with E-state index >= 15 is 0 Å². The van der Waals surface area contributed by atoms with E-state index in [1.54, 1.807) is 37.3 Å². The monoisotopic (exact) mass is 457 g/mol. The van der Waals surface area contributed by atoms with Crippen LogP contribution < -0.4 is 10.1 Å². The summed E-state index contributed by atoms with van der Waals surface area (Å²) in [5.41, 5.74) is 1.12. The Morgan fingerprint density at radius 3 is 2.48 bits per heavy atom. The Morgan fingerprint density at radius 2 is 1.82 bits per heavy atom. The number of carbonyl (C=O) groups is 2. The number of fused-ring (bicyclic) bond motifs is 1. The number of nitrogens with zero attached hydrogens (tertiary/aromatic N) is 2. The number of hydrogen-bond acceptors (Lipinski definition) is 5. The molecule has 1 N–H and O–H groups in total. The van der Waals surface area contributed by atoms with Gasteiger partial charge in [0.25, 0.3) is 11.8 Å².